The standard InChI is InChI=1S/C14H18ClNO4S/c1-14(2,3)20-13(17)16-8-7-10-5-4-6-11(12(10)16)9-21(15,18)19/h4-6H,7-9H2,1-3H3. The number of amides is 1. The molecule has 5 nitrogen and oxygen atoms in total. The number of carbonyl (C=O) groups is 1. The molecule has 0 fully saturated rings. The molecule has 2 rings (SSSR count). The van der Waals surface area contributed by atoms with Crippen LogP contribution < -0.4 is 4.90 Å². The van der Waals surface area contributed by atoms with Gasteiger partial charge in [-0.2, -0.15) is 0 Å². The molecule has 1 aliphatic heterocycles. The predicted molar refractivity (Wildman–Crippen MR) is 82.2 cm³/mol. The third kappa shape index (κ3) is 4.11. The lowest BCUT2D eigenvalue weighted by molar-refractivity contribution is 0.0583. The molecule has 0 aromatic heterocycles. The number of fused-ring (bicyclic) bond motifs is 1. The average Bonchev–Trinajstić information content (AvgIpc) is 2.69. The van der Waals surface area contributed by atoms with Gasteiger partial charge in [0.25, 0.3) is 0 Å². The number of halogens is 1. The summed E-state index contributed by atoms with van der Waals surface area (Å²) in [6, 6.07) is 5.32. The highest BCUT2D eigenvalue weighted by atomic mass is 35.7. The van der Waals surface area contributed by atoms with Gasteiger partial charge in [0.05, 0.1) is 11.4 Å². The first-order valence-electron chi connectivity index (χ1n) is 6.60. The zero-order valence-corrected chi connectivity index (χ0v) is 13.8. The Hall–Kier alpha value is -1.27. The van der Waals surface area contributed by atoms with Crippen LogP contribution in [0.2, 0.25) is 0 Å². The van der Waals surface area contributed by atoms with Crippen LogP contribution in [0.1, 0.15) is 31.9 Å². The number of para-hydroxylation sites is 1. The van der Waals surface area contributed by atoms with Gasteiger partial charge in [0.2, 0.25) is 9.05 Å². The Balaban J connectivity index is 2.36. The summed E-state index contributed by atoms with van der Waals surface area (Å²) in [5.41, 5.74) is 1.45. The van der Waals surface area contributed by atoms with E-state index in [1.165, 1.54) is 4.90 Å². The van der Waals surface area contributed by atoms with Crippen LogP contribution in [0.3, 0.4) is 0 Å². The van der Waals surface area contributed by atoms with E-state index >= 15 is 0 Å². The zero-order chi connectivity index (χ0) is 15.8. The maximum absolute atomic E-state index is 12.3. The smallest absolute Gasteiger partial charge is 0.414 e. The lowest BCUT2D eigenvalue weighted by Crippen LogP contribution is -2.36. The summed E-state index contributed by atoms with van der Waals surface area (Å²) in [5.74, 6) is -0.309. The Morgan fingerprint density at radius 3 is 2.62 bits per heavy atom. The van der Waals surface area contributed by atoms with Gasteiger partial charge in [-0.25, -0.2) is 13.2 Å². The first kappa shape index (κ1) is 16.1. The van der Waals surface area contributed by atoms with Crippen LogP contribution in [0, 0.1) is 0 Å². The highest BCUT2D eigenvalue weighted by Gasteiger charge is 2.31. The van der Waals surface area contributed by atoms with Crippen molar-refractivity contribution < 1.29 is 17.9 Å². The van der Waals surface area contributed by atoms with Crippen molar-refractivity contribution >= 4 is 31.5 Å². The third-order valence-corrected chi connectivity index (χ3v) is 4.00. The van der Waals surface area contributed by atoms with Crippen LogP contribution in [0.5, 0.6) is 0 Å². The van der Waals surface area contributed by atoms with Crippen LogP contribution in [-0.4, -0.2) is 26.7 Å². The molecule has 1 amide bonds. The van der Waals surface area contributed by atoms with E-state index in [0.29, 0.717) is 24.2 Å². The minimum Gasteiger partial charge on any atom is -0.443 e. The second-order valence-electron chi connectivity index (χ2n) is 5.99. The highest BCUT2D eigenvalue weighted by Crippen LogP contribution is 2.34. The second kappa shape index (κ2) is 5.50. The van der Waals surface area contributed by atoms with E-state index in [9.17, 15) is 13.2 Å². The normalized spacial score (nSPS) is 15.0. The average molecular weight is 332 g/mol. The van der Waals surface area contributed by atoms with E-state index < -0.39 is 20.7 Å². The molecule has 0 bridgehead atoms. The maximum atomic E-state index is 12.3. The molecular formula is C14H18ClNO4S. The molecule has 1 aliphatic rings. The molecule has 0 spiro atoms. The van der Waals surface area contributed by atoms with Gasteiger partial charge >= 0.3 is 6.09 Å². The summed E-state index contributed by atoms with van der Waals surface area (Å²) in [6.07, 6.45) is 0.200. The minimum absolute atomic E-state index is 0.309. The minimum atomic E-state index is -3.69. The summed E-state index contributed by atoms with van der Waals surface area (Å²) in [4.78, 5) is 13.7. The van der Waals surface area contributed by atoms with E-state index in [-0.39, 0.29) is 5.75 Å². The molecule has 0 saturated carbocycles. The van der Waals surface area contributed by atoms with Crippen LogP contribution in [0.25, 0.3) is 0 Å². The van der Waals surface area contributed by atoms with E-state index in [2.05, 4.69) is 0 Å². The van der Waals surface area contributed by atoms with Crippen molar-refractivity contribution in [3.63, 3.8) is 0 Å². The van der Waals surface area contributed by atoms with Crippen LogP contribution in [-0.2, 0) is 26.0 Å². The monoisotopic (exact) mass is 331 g/mol. The van der Waals surface area contributed by atoms with Crippen molar-refractivity contribution in [2.24, 2.45) is 0 Å². The van der Waals surface area contributed by atoms with Gasteiger partial charge in [0.15, 0.2) is 0 Å². The largest absolute Gasteiger partial charge is 0.443 e. The van der Waals surface area contributed by atoms with E-state index in [0.717, 1.165) is 5.56 Å². The van der Waals surface area contributed by atoms with Gasteiger partial charge in [-0.3, -0.25) is 4.90 Å². The molecule has 0 unspecified atom stereocenters. The van der Waals surface area contributed by atoms with Crippen molar-refractivity contribution in [1.29, 1.82) is 0 Å². The van der Waals surface area contributed by atoms with Crippen molar-refractivity contribution in [2.45, 2.75) is 38.5 Å². The second-order valence-corrected chi connectivity index (χ2v) is 8.77. The van der Waals surface area contributed by atoms with Crippen LogP contribution in [0.4, 0.5) is 10.5 Å². The van der Waals surface area contributed by atoms with Gasteiger partial charge in [-0.05, 0) is 38.3 Å². The Kier molecular flexibility index (Phi) is 4.22. The Morgan fingerprint density at radius 1 is 1.38 bits per heavy atom. The quantitative estimate of drug-likeness (QED) is 0.781. The Bertz CT molecular complexity index is 664. The number of rotatable bonds is 2. The maximum Gasteiger partial charge on any atom is 0.414 e. The molecule has 0 N–H and O–H groups in total. The first-order valence-corrected chi connectivity index (χ1v) is 9.08. The molecule has 1 heterocycles. The number of hydrogen-bond donors (Lipinski definition) is 0. The molecule has 21 heavy (non-hydrogen) atoms. The summed E-state index contributed by atoms with van der Waals surface area (Å²) in [7, 11) is 1.65. The van der Waals surface area contributed by atoms with Crippen molar-refractivity contribution in [3.05, 3.63) is 29.3 Å². The molecular weight excluding hydrogens is 314 g/mol. The fourth-order valence-electron chi connectivity index (χ4n) is 2.34. The van der Waals surface area contributed by atoms with E-state index in [1.54, 1.807) is 32.9 Å². The molecule has 0 aliphatic carbocycles. The fraction of sp³-hybridized carbons (Fsp3) is 0.500. The fourth-order valence-corrected chi connectivity index (χ4v) is 3.30. The summed E-state index contributed by atoms with van der Waals surface area (Å²) in [5, 5.41) is 0. The lowest BCUT2D eigenvalue weighted by Gasteiger charge is -2.25. The molecule has 116 valence electrons. The number of nitrogens with zero attached hydrogens (tertiary/aromatic N) is 1. The van der Waals surface area contributed by atoms with Gasteiger partial charge < -0.3 is 4.74 Å². The molecule has 1 aromatic rings. The number of ether oxygens (including phenoxy) is 1. The summed E-state index contributed by atoms with van der Waals surface area (Å²) >= 11 is 0. The van der Waals surface area contributed by atoms with Crippen molar-refractivity contribution in [3.8, 4) is 0 Å². The topological polar surface area (TPSA) is 63.7 Å². The predicted octanol–water partition coefficient (Wildman–Crippen LogP) is 3.05. The third-order valence-electron chi connectivity index (χ3n) is 3.02. The Labute approximate surface area is 129 Å². The zero-order valence-electron chi connectivity index (χ0n) is 12.2. The number of hydrogen-bond acceptors (Lipinski definition) is 4. The SMILES string of the molecule is CC(C)(C)OC(=O)N1CCc2cccc(CS(=O)(=O)Cl)c21. The van der Waals surface area contributed by atoms with Crippen LogP contribution in [0.15, 0.2) is 18.2 Å². The number of anilines is 1. The van der Waals surface area contributed by atoms with Gasteiger partial charge in [0.1, 0.15) is 5.60 Å². The molecule has 1 aromatic carbocycles. The van der Waals surface area contributed by atoms with E-state index in [1.807, 2.05) is 6.07 Å². The highest BCUT2D eigenvalue weighted by molar-refractivity contribution is 8.13. The number of carbonyl (C=O) groups excluding carboxylic acids is 1. The summed E-state index contributed by atoms with van der Waals surface area (Å²) < 4.78 is 28.0. The molecule has 0 saturated heterocycles. The first-order chi connectivity index (χ1) is 9.57. The Morgan fingerprint density at radius 2 is 2.05 bits per heavy atom. The van der Waals surface area contributed by atoms with Gasteiger partial charge in [0, 0.05) is 17.2 Å². The number of benzene rings is 1. The summed E-state index contributed by atoms with van der Waals surface area (Å²) in [6.45, 7) is 5.84. The van der Waals surface area contributed by atoms with Crippen molar-refractivity contribution in [1.82, 2.24) is 0 Å². The molecule has 7 heteroatoms. The molecule has 0 atom stereocenters. The molecule has 0 radical (unpaired) electrons. The van der Waals surface area contributed by atoms with E-state index in [4.69, 9.17) is 15.4 Å². The van der Waals surface area contributed by atoms with Crippen LogP contribution >= 0.6 is 10.7 Å². The van der Waals surface area contributed by atoms with Crippen molar-refractivity contribution in [2.75, 3.05) is 11.4 Å². The van der Waals surface area contributed by atoms with Gasteiger partial charge in [-0.15, -0.1) is 0 Å². The van der Waals surface area contributed by atoms with Gasteiger partial charge in [-0.1, -0.05) is 18.2 Å². The lowest BCUT2D eigenvalue weighted by atomic mass is 10.1.